The molecule has 19 heavy (non-hydrogen) atoms. The number of hydrogen-bond donors (Lipinski definition) is 0. The Morgan fingerprint density at radius 3 is 2.74 bits per heavy atom. The van der Waals surface area contributed by atoms with Crippen molar-refractivity contribution in [2.75, 3.05) is 7.11 Å². The Morgan fingerprint density at radius 1 is 1.21 bits per heavy atom. The predicted octanol–water partition coefficient (Wildman–Crippen LogP) is 3.59. The molecule has 3 rings (SSSR count). The van der Waals surface area contributed by atoms with E-state index in [-0.39, 0.29) is 0 Å². The van der Waals surface area contributed by atoms with Crippen LogP contribution in [0.1, 0.15) is 11.4 Å². The van der Waals surface area contributed by atoms with Gasteiger partial charge in [0.1, 0.15) is 11.6 Å². The van der Waals surface area contributed by atoms with E-state index in [0.717, 1.165) is 28.5 Å². The zero-order valence-corrected chi connectivity index (χ0v) is 11.3. The van der Waals surface area contributed by atoms with Crippen LogP contribution < -0.4 is 4.74 Å². The van der Waals surface area contributed by atoms with E-state index >= 15 is 0 Å². The maximum atomic E-state index is 5.89. The third-order valence-electron chi connectivity index (χ3n) is 3.09. The average Bonchev–Trinajstić information content (AvgIpc) is 2.83. The lowest BCUT2D eigenvalue weighted by atomic mass is 10.1. The molecule has 0 unspecified atom stereocenters. The fraction of sp³-hybridized carbons (Fsp3) is 0.133. The average molecular weight is 273 g/mol. The maximum Gasteiger partial charge on any atom is 0.122 e. The van der Waals surface area contributed by atoms with Crippen molar-refractivity contribution >= 4 is 17.1 Å². The molecule has 0 saturated carbocycles. The molecule has 0 radical (unpaired) electrons. The molecule has 0 saturated heterocycles. The highest BCUT2D eigenvalue weighted by molar-refractivity contribution is 6.30. The van der Waals surface area contributed by atoms with Crippen LogP contribution >= 0.6 is 11.6 Å². The summed E-state index contributed by atoms with van der Waals surface area (Å²) in [5, 5.41) is 0.751. The third kappa shape index (κ3) is 2.42. The zero-order chi connectivity index (χ0) is 13.2. The lowest BCUT2D eigenvalue weighted by molar-refractivity contribution is 0.414. The largest absolute Gasteiger partial charge is 0.497 e. The zero-order valence-electron chi connectivity index (χ0n) is 10.5. The summed E-state index contributed by atoms with van der Waals surface area (Å²) in [5.74, 6) is 1.84. The minimum Gasteiger partial charge on any atom is -0.497 e. The van der Waals surface area contributed by atoms with Crippen molar-refractivity contribution in [1.82, 2.24) is 9.38 Å². The second-order valence-electron chi connectivity index (χ2n) is 4.34. The summed E-state index contributed by atoms with van der Waals surface area (Å²) in [6, 6.07) is 11.7. The van der Waals surface area contributed by atoms with Crippen molar-refractivity contribution in [2.24, 2.45) is 0 Å². The lowest BCUT2D eigenvalue weighted by Gasteiger charge is -2.04. The minimum atomic E-state index is 0.751. The maximum absolute atomic E-state index is 5.89. The van der Waals surface area contributed by atoms with Gasteiger partial charge in [0.05, 0.1) is 18.8 Å². The van der Waals surface area contributed by atoms with Crippen molar-refractivity contribution in [1.29, 1.82) is 0 Å². The van der Waals surface area contributed by atoms with Crippen LogP contribution in [-0.4, -0.2) is 16.5 Å². The smallest absolute Gasteiger partial charge is 0.122 e. The van der Waals surface area contributed by atoms with Gasteiger partial charge in [0, 0.05) is 23.7 Å². The van der Waals surface area contributed by atoms with Gasteiger partial charge >= 0.3 is 0 Å². The molecule has 0 fully saturated rings. The van der Waals surface area contributed by atoms with Crippen LogP contribution in [0.25, 0.3) is 5.52 Å². The Labute approximate surface area is 116 Å². The number of pyridine rings is 1. The van der Waals surface area contributed by atoms with Gasteiger partial charge in [-0.1, -0.05) is 23.7 Å². The van der Waals surface area contributed by atoms with Crippen LogP contribution in [-0.2, 0) is 6.42 Å². The monoisotopic (exact) mass is 272 g/mol. The van der Waals surface area contributed by atoms with E-state index in [1.165, 1.54) is 5.56 Å². The lowest BCUT2D eigenvalue weighted by Crippen LogP contribution is -1.96. The van der Waals surface area contributed by atoms with Crippen LogP contribution in [0.3, 0.4) is 0 Å². The van der Waals surface area contributed by atoms with Gasteiger partial charge in [0.2, 0.25) is 0 Å². The number of methoxy groups -OCH3 is 1. The molecule has 0 atom stereocenters. The molecule has 0 amide bonds. The van der Waals surface area contributed by atoms with E-state index in [2.05, 4.69) is 9.38 Å². The van der Waals surface area contributed by atoms with Gasteiger partial charge in [-0.2, -0.15) is 0 Å². The third-order valence-corrected chi connectivity index (χ3v) is 3.34. The second kappa shape index (κ2) is 4.94. The summed E-state index contributed by atoms with van der Waals surface area (Å²) < 4.78 is 7.27. The first-order valence-electron chi connectivity index (χ1n) is 6.01. The van der Waals surface area contributed by atoms with Crippen molar-refractivity contribution in [3.8, 4) is 5.75 Å². The van der Waals surface area contributed by atoms with Gasteiger partial charge in [-0.15, -0.1) is 0 Å². The van der Waals surface area contributed by atoms with Crippen LogP contribution in [0.2, 0.25) is 5.02 Å². The summed E-state index contributed by atoms with van der Waals surface area (Å²) in [6.07, 6.45) is 4.61. The first-order chi connectivity index (χ1) is 9.26. The minimum absolute atomic E-state index is 0.751. The quantitative estimate of drug-likeness (QED) is 0.728. The molecule has 3 nitrogen and oxygen atoms in total. The molecule has 3 aromatic rings. The SMILES string of the molecule is COc1ccn2c(Cc3ccc(Cl)cc3)ncc2c1. The summed E-state index contributed by atoms with van der Waals surface area (Å²) in [6.45, 7) is 0. The Kier molecular flexibility index (Phi) is 3.13. The highest BCUT2D eigenvalue weighted by atomic mass is 35.5. The molecule has 0 spiro atoms. The molecule has 0 aliphatic carbocycles. The van der Waals surface area contributed by atoms with Crippen molar-refractivity contribution < 1.29 is 4.74 Å². The van der Waals surface area contributed by atoms with Crippen molar-refractivity contribution in [3.05, 3.63) is 65.2 Å². The van der Waals surface area contributed by atoms with Crippen LogP contribution in [0.15, 0.2) is 48.8 Å². The number of halogens is 1. The highest BCUT2D eigenvalue weighted by Gasteiger charge is 2.05. The molecule has 96 valence electrons. The molecule has 1 aromatic carbocycles. The number of ether oxygens (including phenoxy) is 1. The van der Waals surface area contributed by atoms with E-state index in [1.54, 1.807) is 7.11 Å². The number of hydrogen-bond acceptors (Lipinski definition) is 2. The first-order valence-corrected chi connectivity index (χ1v) is 6.38. The molecule has 2 aromatic heterocycles. The van der Waals surface area contributed by atoms with Gasteiger partial charge in [0.15, 0.2) is 0 Å². The molecule has 4 heteroatoms. The van der Waals surface area contributed by atoms with E-state index in [9.17, 15) is 0 Å². The predicted molar refractivity (Wildman–Crippen MR) is 76.0 cm³/mol. The fourth-order valence-corrected chi connectivity index (χ4v) is 2.20. The Balaban J connectivity index is 1.95. The number of imidazole rings is 1. The number of benzene rings is 1. The molecule has 2 heterocycles. The second-order valence-corrected chi connectivity index (χ2v) is 4.78. The van der Waals surface area contributed by atoms with E-state index in [1.807, 2.05) is 48.8 Å². The number of aromatic nitrogens is 2. The standard InChI is InChI=1S/C15H13ClN2O/c1-19-14-6-7-18-13(9-14)10-17-15(18)8-11-2-4-12(16)5-3-11/h2-7,9-10H,8H2,1H3. The molecule has 0 bridgehead atoms. The Morgan fingerprint density at radius 2 is 2.00 bits per heavy atom. The van der Waals surface area contributed by atoms with Gasteiger partial charge < -0.3 is 9.14 Å². The number of fused-ring (bicyclic) bond motifs is 1. The molecule has 0 aliphatic rings. The van der Waals surface area contributed by atoms with E-state index < -0.39 is 0 Å². The first kappa shape index (κ1) is 12.1. The normalized spacial score (nSPS) is 10.8. The van der Waals surface area contributed by atoms with Gasteiger partial charge in [-0.3, -0.25) is 0 Å². The Hall–Kier alpha value is -2.00. The topological polar surface area (TPSA) is 26.5 Å². The molecule has 0 N–H and O–H groups in total. The Bertz CT molecular complexity index is 704. The number of nitrogens with zero attached hydrogens (tertiary/aromatic N) is 2. The summed E-state index contributed by atoms with van der Waals surface area (Å²) in [7, 11) is 1.66. The van der Waals surface area contributed by atoms with Crippen molar-refractivity contribution in [3.63, 3.8) is 0 Å². The number of rotatable bonds is 3. The van der Waals surface area contributed by atoms with E-state index in [4.69, 9.17) is 16.3 Å². The summed E-state index contributed by atoms with van der Waals surface area (Å²) >= 11 is 5.89. The molecular formula is C15H13ClN2O. The summed E-state index contributed by atoms with van der Waals surface area (Å²) in [4.78, 5) is 4.46. The van der Waals surface area contributed by atoms with Crippen molar-refractivity contribution in [2.45, 2.75) is 6.42 Å². The van der Waals surface area contributed by atoms with Gasteiger partial charge in [-0.05, 0) is 23.8 Å². The molecular weight excluding hydrogens is 260 g/mol. The summed E-state index contributed by atoms with van der Waals surface area (Å²) in [5.41, 5.74) is 2.22. The van der Waals surface area contributed by atoms with Gasteiger partial charge in [-0.25, -0.2) is 4.98 Å². The fourth-order valence-electron chi connectivity index (χ4n) is 2.08. The van der Waals surface area contributed by atoms with Crippen LogP contribution in [0.4, 0.5) is 0 Å². The van der Waals surface area contributed by atoms with Gasteiger partial charge in [0.25, 0.3) is 0 Å². The van der Waals surface area contributed by atoms with Crippen LogP contribution in [0, 0.1) is 0 Å². The molecule has 0 aliphatic heterocycles. The van der Waals surface area contributed by atoms with Crippen LogP contribution in [0.5, 0.6) is 5.75 Å². The van der Waals surface area contributed by atoms with E-state index in [0.29, 0.717) is 0 Å². The highest BCUT2D eigenvalue weighted by Crippen LogP contribution is 2.18.